The number of hydrogen-bond acceptors (Lipinski definition) is 3. The van der Waals surface area contributed by atoms with Crippen LogP contribution >= 0.6 is 15.9 Å². The van der Waals surface area contributed by atoms with E-state index in [0.717, 1.165) is 6.42 Å². The predicted molar refractivity (Wildman–Crippen MR) is 71.7 cm³/mol. The van der Waals surface area contributed by atoms with Gasteiger partial charge in [0.25, 0.3) is 5.91 Å². The van der Waals surface area contributed by atoms with Gasteiger partial charge in [0.15, 0.2) is 0 Å². The summed E-state index contributed by atoms with van der Waals surface area (Å²) in [4.78, 5) is 12.1. The molecule has 1 fully saturated rings. The van der Waals surface area contributed by atoms with Gasteiger partial charge >= 0.3 is 0 Å². The molecule has 1 aliphatic heterocycles. The van der Waals surface area contributed by atoms with Gasteiger partial charge in [-0.3, -0.25) is 4.79 Å². The third kappa shape index (κ3) is 2.52. The number of rotatable bonds is 2. The molecule has 0 aromatic heterocycles. The number of carbonyl (C=O) groups is 1. The van der Waals surface area contributed by atoms with Crippen LogP contribution < -0.4 is 5.32 Å². The highest BCUT2D eigenvalue weighted by atomic mass is 79.9. The Morgan fingerprint density at radius 3 is 2.89 bits per heavy atom. The number of ether oxygens (including phenoxy) is 1. The van der Waals surface area contributed by atoms with E-state index in [4.69, 9.17) is 4.74 Å². The van der Waals surface area contributed by atoms with E-state index in [2.05, 4.69) is 21.2 Å². The maximum absolute atomic E-state index is 12.1. The van der Waals surface area contributed by atoms with E-state index in [-0.39, 0.29) is 23.3 Å². The minimum absolute atomic E-state index is 0.00880. The van der Waals surface area contributed by atoms with Crippen molar-refractivity contribution in [1.29, 1.82) is 0 Å². The molecule has 1 amide bonds. The zero-order valence-electron chi connectivity index (χ0n) is 10.4. The fourth-order valence-electron chi connectivity index (χ4n) is 1.98. The smallest absolute Gasteiger partial charge is 0.251 e. The molecule has 4 nitrogen and oxygen atoms in total. The van der Waals surface area contributed by atoms with Crippen molar-refractivity contribution >= 4 is 21.8 Å². The fourth-order valence-corrected chi connectivity index (χ4v) is 2.23. The number of hydrogen-bond donors (Lipinski definition) is 2. The lowest BCUT2D eigenvalue weighted by molar-refractivity contribution is 0.0727. The number of benzene rings is 1. The molecule has 2 N–H and O–H groups in total. The van der Waals surface area contributed by atoms with Gasteiger partial charge < -0.3 is 15.2 Å². The lowest BCUT2D eigenvalue weighted by atomic mass is 9.94. The van der Waals surface area contributed by atoms with Crippen LogP contribution in [0.2, 0.25) is 0 Å². The lowest BCUT2D eigenvalue weighted by Crippen LogP contribution is -2.50. The molecule has 5 heteroatoms. The Kier molecular flexibility index (Phi) is 3.64. The Labute approximate surface area is 114 Å². The summed E-state index contributed by atoms with van der Waals surface area (Å²) in [7, 11) is 0. The monoisotopic (exact) mass is 313 g/mol. The van der Waals surface area contributed by atoms with Crippen LogP contribution in [0.25, 0.3) is 0 Å². The number of aromatic hydroxyl groups is 1. The van der Waals surface area contributed by atoms with Crippen LogP contribution in [0, 0.1) is 0 Å². The molecule has 0 saturated carbocycles. The highest BCUT2D eigenvalue weighted by Gasteiger charge is 2.38. The second kappa shape index (κ2) is 4.90. The third-order valence-corrected chi connectivity index (χ3v) is 4.16. The van der Waals surface area contributed by atoms with Crippen LogP contribution in [0.3, 0.4) is 0 Å². The molecule has 1 aliphatic rings. The molecule has 0 aliphatic carbocycles. The predicted octanol–water partition coefficient (Wildman–Crippen LogP) is 2.45. The van der Waals surface area contributed by atoms with E-state index in [1.807, 2.05) is 13.8 Å². The molecule has 2 atom stereocenters. The normalized spacial score (nSPS) is 27.2. The Morgan fingerprint density at radius 2 is 2.33 bits per heavy atom. The van der Waals surface area contributed by atoms with Gasteiger partial charge in [-0.1, -0.05) is 0 Å². The SMILES string of the molecule is CC1OCCC1(C)NC(=O)c1ccc(Br)c(O)c1. The summed E-state index contributed by atoms with van der Waals surface area (Å²) in [6.07, 6.45) is 0.785. The first-order chi connectivity index (χ1) is 8.42. The minimum Gasteiger partial charge on any atom is -0.507 e. The van der Waals surface area contributed by atoms with Gasteiger partial charge in [-0.2, -0.15) is 0 Å². The quantitative estimate of drug-likeness (QED) is 0.881. The van der Waals surface area contributed by atoms with Crippen molar-refractivity contribution in [2.45, 2.75) is 31.9 Å². The molecule has 0 spiro atoms. The molecule has 1 aromatic carbocycles. The standard InChI is InChI=1S/C13H16BrNO3/c1-8-13(2,5-6-18-8)15-12(17)9-3-4-10(14)11(16)7-9/h3-4,7-8,16H,5-6H2,1-2H3,(H,15,17). The summed E-state index contributed by atoms with van der Waals surface area (Å²) in [5.74, 6) is -0.138. The first kappa shape index (κ1) is 13.4. The molecule has 1 aromatic rings. The molecule has 1 heterocycles. The van der Waals surface area contributed by atoms with E-state index in [9.17, 15) is 9.90 Å². The maximum Gasteiger partial charge on any atom is 0.251 e. The van der Waals surface area contributed by atoms with E-state index in [1.165, 1.54) is 6.07 Å². The lowest BCUT2D eigenvalue weighted by Gasteiger charge is -2.28. The van der Waals surface area contributed by atoms with Gasteiger partial charge in [0.1, 0.15) is 5.75 Å². The van der Waals surface area contributed by atoms with E-state index >= 15 is 0 Å². The van der Waals surface area contributed by atoms with Crippen molar-refractivity contribution in [3.05, 3.63) is 28.2 Å². The van der Waals surface area contributed by atoms with Crippen molar-refractivity contribution in [1.82, 2.24) is 5.32 Å². The van der Waals surface area contributed by atoms with Gasteiger partial charge in [-0.15, -0.1) is 0 Å². The van der Waals surface area contributed by atoms with Gasteiger partial charge in [0.05, 0.1) is 16.1 Å². The van der Waals surface area contributed by atoms with Crippen LogP contribution in [0.1, 0.15) is 30.6 Å². The first-order valence-electron chi connectivity index (χ1n) is 5.85. The molecule has 98 valence electrons. The summed E-state index contributed by atoms with van der Waals surface area (Å²) in [5, 5.41) is 12.6. The molecule has 1 saturated heterocycles. The maximum atomic E-state index is 12.1. The van der Waals surface area contributed by atoms with Crippen molar-refractivity contribution in [2.24, 2.45) is 0 Å². The first-order valence-corrected chi connectivity index (χ1v) is 6.64. The summed E-state index contributed by atoms with van der Waals surface area (Å²) in [6.45, 7) is 4.58. The van der Waals surface area contributed by atoms with Crippen LogP contribution in [0.5, 0.6) is 5.75 Å². The number of amides is 1. The molecule has 2 rings (SSSR count). The molecular formula is C13H16BrNO3. The van der Waals surface area contributed by atoms with E-state index in [0.29, 0.717) is 16.6 Å². The largest absolute Gasteiger partial charge is 0.507 e. The zero-order valence-corrected chi connectivity index (χ0v) is 12.0. The summed E-state index contributed by atoms with van der Waals surface area (Å²) >= 11 is 3.19. The molecular weight excluding hydrogens is 298 g/mol. The second-order valence-corrected chi connectivity index (χ2v) is 5.66. The van der Waals surface area contributed by atoms with Gasteiger partial charge in [-0.25, -0.2) is 0 Å². The number of phenols is 1. The zero-order chi connectivity index (χ0) is 13.3. The van der Waals surface area contributed by atoms with E-state index in [1.54, 1.807) is 12.1 Å². The number of phenolic OH excluding ortho intramolecular Hbond substituents is 1. The average Bonchev–Trinajstić information content (AvgIpc) is 2.63. The fraction of sp³-hybridized carbons (Fsp3) is 0.462. The Bertz CT molecular complexity index is 477. The Morgan fingerprint density at radius 1 is 1.61 bits per heavy atom. The van der Waals surface area contributed by atoms with Crippen molar-refractivity contribution < 1.29 is 14.6 Å². The molecule has 18 heavy (non-hydrogen) atoms. The third-order valence-electron chi connectivity index (χ3n) is 3.49. The Balaban J connectivity index is 2.14. The molecule has 2 unspecified atom stereocenters. The summed E-state index contributed by atoms with van der Waals surface area (Å²) in [6, 6.07) is 4.77. The highest BCUT2D eigenvalue weighted by Crippen LogP contribution is 2.27. The van der Waals surface area contributed by atoms with Crippen LogP contribution in [-0.2, 0) is 4.74 Å². The van der Waals surface area contributed by atoms with Crippen molar-refractivity contribution in [2.75, 3.05) is 6.61 Å². The second-order valence-electron chi connectivity index (χ2n) is 4.80. The van der Waals surface area contributed by atoms with Crippen molar-refractivity contribution in [3.63, 3.8) is 0 Å². The molecule has 0 bridgehead atoms. The van der Waals surface area contributed by atoms with Crippen LogP contribution in [0.15, 0.2) is 22.7 Å². The van der Waals surface area contributed by atoms with Gasteiger partial charge in [0, 0.05) is 12.2 Å². The minimum atomic E-state index is -0.347. The van der Waals surface area contributed by atoms with Gasteiger partial charge in [0.2, 0.25) is 0 Å². The highest BCUT2D eigenvalue weighted by molar-refractivity contribution is 9.10. The molecule has 0 radical (unpaired) electrons. The topological polar surface area (TPSA) is 58.6 Å². The number of halogens is 1. The van der Waals surface area contributed by atoms with Crippen LogP contribution in [-0.4, -0.2) is 29.3 Å². The number of carbonyl (C=O) groups excluding carboxylic acids is 1. The summed E-state index contributed by atoms with van der Waals surface area (Å²) < 4.78 is 6.05. The van der Waals surface area contributed by atoms with E-state index < -0.39 is 0 Å². The Hall–Kier alpha value is -1.07. The van der Waals surface area contributed by atoms with Gasteiger partial charge in [-0.05, 0) is 54.4 Å². The van der Waals surface area contributed by atoms with Crippen LogP contribution in [0.4, 0.5) is 0 Å². The number of nitrogens with one attached hydrogen (secondary N) is 1. The average molecular weight is 314 g/mol. The van der Waals surface area contributed by atoms with Crippen molar-refractivity contribution in [3.8, 4) is 5.75 Å². The summed E-state index contributed by atoms with van der Waals surface area (Å²) in [5.41, 5.74) is 0.0933.